The Morgan fingerprint density at radius 3 is 2.62 bits per heavy atom. The number of nitrogens with one attached hydrogen (secondary N) is 1. The summed E-state index contributed by atoms with van der Waals surface area (Å²) in [6.07, 6.45) is 1.14. The minimum Gasteiger partial charge on any atom is -0.490 e. The maximum absolute atomic E-state index is 13.9. The Kier molecular flexibility index (Phi) is 8.20. The third-order valence-electron chi connectivity index (χ3n) is 3.97. The fourth-order valence-electron chi connectivity index (χ4n) is 2.49. The van der Waals surface area contributed by atoms with E-state index in [0.29, 0.717) is 34.6 Å². The van der Waals surface area contributed by atoms with Crippen molar-refractivity contribution in [1.82, 2.24) is 5.32 Å². The molecule has 0 atom stereocenters. The lowest BCUT2D eigenvalue weighted by molar-refractivity contribution is 0.265. The molecule has 0 bridgehead atoms. The first-order valence-corrected chi connectivity index (χ1v) is 9.41. The van der Waals surface area contributed by atoms with Crippen molar-refractivity contribution in [2.45, 2.75) is 40.3 Å². The van der Waals surface area contributed by atoms with Gasteiger partial charge in [-0.25, -0.2) is 4.39 Å². The van der Waals surface area contributed by atoms with Gasteiger partial charge >= 0.3 is 0 Å². The quantitative estimate of drug-likeness (QED) is 0.545. The van der Waals surface area contributed by atoms with Gasteiger partial charge in [0.1, 0.15) is 12.4 Å². The van der Waals surface area contributed by atoms with Crippen LogP contribution in [-0.2, 0) is 13.2 Å². The molecule has 2 aromatic carbocycles. The Labute approximate surface area is 160 Å². The summed E-state index contributed by atoms with van der Waals surface area (Å²) in [5.74, 6) is 1.55. The summed E-state index contributed by atoms with van der Waals surface area (Å²) in [7, 11) is 0. The molecule has 0 saturated carbocycles. The third kappa shape index (κ3) is 6.19. The Morgan fingerprint density at radius 1 is 1.12 bits per heavy atom. The van der Waals surface area contributed by atoms with Gasteiger partial charge in [0.15, 0.2) is 11.5 Å². The van der Waals surface area contributed by atoms with Crippen LogP contribution in [0.4, 0.5) is 4.39 Å². The molecule has 0 amide bonds. The summed E-state index contributed by atoms with van der Waals surface area (Å²) >= 11 is 6.06. The van der Waals surface area contributed by atoms with Gasteiger partial charge in [0.2, 0.25) is 0 Å². The van der Waals surface area contributed by atoms with Gasteiger partial charge in [-0.1, -0.05) is 37.6 Å². The highest BCUT2D eigenvalue weighted by Gasteiger charge is 2.11. The second-order valence-corrected chi connectivity index (χ2v) is 6.97. The summed E-state index contributed by atoms with van der Waals surface area (Å²) < 4.78 is 25.4. The molecule has 0 fully saturated rings. The van der Waals surface area contributed by atoms with Crippen LogP contribution in [0.3, 0.4) is 0 Å². The van der Waals surface area contributed by atoms with E-state index in [9.17, 15) is 4.39 Å². The maximum Gasteiger partial charge on any atom is 0.161 e. The molecule has 2 aromatic rings. The zero-order valence-electron chi connectivity index (χ0n) is 15.6. The molecule has 142 valence electrons. The van der Waals surface area contributed by atoms with E-state index in [1.54, 1.807) is 12.1 Å². The lowest BCUT2D eigenvalue weighted by Gasteiger charge is -2.15. The van der Waals surface area contributed by atoms with Gasteiger partial charge in [-0.15, -0.1) is 0 Å². The number of halogens is 2. The fourth-order valence-corrected chi connectivity index (χ4v) is 2.71. The van der Waals surface area contributed by atoms with Crippen LogP contribution in [0.2, 0.25) is 5.02 Å². The van der Waals surface area contributed by atoms with E-state index in [4.69, 9.17) is 21.1 Å². The Balaban J connectivity index is 2.03. The molecule has 0 saturated heterocycles. The Morgan fingerprint density at radius 2 is 1.92 bits per heavy atom. The molecule has 0 aliphatic heterocycles. The van der Waals surface area contributed by atoms with E-state index in [-0.39, 0.29) is 12.4 Å². The number of hydrogen-bond acceptors (Lipinski definition) is 3. The molecule has 0 aromatic heterocycles. The summed E-state index contributed by atoms with van der Waals surface area (Å²) in [5, 5.41) is 3.79. The first kappa shape index (κ1) is 20.5. The minimum absolute atomic E-state index is 0.0531. The molecule has 0 spiro atoms. The molecule has 3 nitrogen and oxygen atoms in total. The van der Waals surface area contributed by atoms with Gasteiger partial charge in [0.25, 0.3) is 0 Å². The van der Waals surface area contributed by atoms with Gasteiger partial charge in [-0.2, -0.15) is 0 Å². The van der Waals surface area contributed by atoms with Crippen LogP contribution in [0.25, 0.3) is 0 Å². The van der Waals surface area contributed by atoms with Crippen molar-refractivity contribution in [2.24, 2.45) is 5.92 Å². The lowest BCUT2D eigenvalue weighted by Crippen LogP contribution is -2.16. The van der Waals surface area contributed by atoms with Gasteiger partial charge in [0, 0.05) is 12.1 Å². The predicted molar refractivity (Wildman–Crippen MR) is 105 cm³/mol. The number of benzene rings is 2. The molecular weight excluding hydrogens is 353 g/mol. The van der Waals surface area contributed by atoms with E-state index in [0.717, 1.165) is 25.1 Å². The molecule has 26 heavy (non-hydrogen) atoms. The first-order valence-electron chi connectivity index (χ1n) is 9.03. The zero-order valence-corrected chi connectivity index (χ0v) is 16.4. The molecule has 0 radical (unpaired) electrons. The van der Waals surface area contributed by atoms with Crippen molar-refractivity contribution < 1.29 is 13.9 Å². The Bertz CT molecular complexity index is 686. The van der Waals surface area contributed by atoms with Gasteiger partial charge in [0.05, 0.1) is 11.6 Å². The van der Waals surface area contributed by atoms with Crippen molar-refractivity contribution in [1.29, 1.82) is 0 Å². The van der Waals surface area contributed by atoms with E-state index in [1.807, 2.05) is 25.1 Å². The van der Waals surface area contributed by atoms with E-state index < -0.39 is 0 Å². The lowest BCUT2D eigenvalue weighted by atomic mass is 10.1. The van der Waals surface area contributed by atoms with Crippen molar-refractivity contribution in [3.8, 4) is 11.5 Å². The van der Waals surface area contributed by atoms with Crippen molar-refractivity contribution in [3.63, 3.8) is 0 Å². The second kappa shape index (κ2) is 10.4. The van der Waals surface area contributed by atoms with E-state index >= 15 is 0 Å². The topological polar surface area (TPSA) is 30.5 Å². The van der Waals surface area contributed by atoms with E-state index in [2.05, 4.69) is 19.2 Å². The molecule has 5 heteroatoms. The van der Waals surface area contributed by atoms with Crippen LogP contribution in [0.15, 0.2) is 36.4 Å². The van der Waals surface area contributed by atoms with Crippen LogP contribution in [0.1, 0.15) is 38.3 Å². The number of ether oxygens (including phenoxy) is 2. The SMILES string of the molecule is CCOc1cc(CNCCC(C)C)ccc1OCc1c(F)cccc1Cl. The molecule has 0 aliphatic carbocycles. The predicted octanol–water partition coefficient (Wildman–Crippen LogP) is 5.59. The average Bonchev–Trinajstić information content (AvgIpc) is 2.60. The highest BCUT2D eigenvalue weighted by Crippen LogP contribution is 2.30. The van der Waals surface area contributed by atoms with Crippen molar-refractivity contribution in [2.75, 3.05) is 13.2 Å². The summed E-state index contributed by atoms with van der Waals surface area (Å²) in [6.45, 7) is 8.67. The van der Waals surface area contributed by atoms with Crippen molar-refractivity contribution >= 4 is 11.6 Å². The molecule has 1 N–H and O–H groups in total. The Hall–Kier alpha value is -1.78. The highest BCUT2D eigenvalue weighted by atomic mass is 35.5. The summed E-state index contributed by atoms with van der Waals surface area (Å²) in [6, 6.07) is 10.4. The fraction of sp³-hybridized carbons (Fsp3) is 0.429. The van der Waals surface area contributed by atoms with Crippen LogP contribution in [0, 0.1) is 11.7 Å². The highest BCUT2D eigenvalue weighted by molar-refractivity contribution is 6.31. The smallest absolute Gasteiger partial charge is 0.161 e. The normalized spacial score (nSPS) is 11.0. The second-order valence-electron chi connectivity index (χ2n) is 6.56. The van der Waals surface area contributed by atoms with Crippen LogP contribution in [-0.4, -0.2) is 13.2 Å². The first-order chi connectivity index (χ1) is 12.5. The average molecular weight is 380 g/mol. The number of rotatable bonds is 10. The monoisotopic (exact) mass is 379 g/mol. The van der Waals surface area contributed by atoms with Gasteiger partial charge in [-0.3, -0.25) is 0 Å². The van der Waals surface area contributed by atoms with Gasteiger partial charge < -0.3 is 14.8 Å². The molecular formula is C21H27ClFNO2. The number of hydrogen-bond donors (Lipinski definition) is 1. The van der Waals surface area contributed by atoms with Crippen molar-refractivity contribution in [3.05, 3.63) is 58.4 Å². The largest absolute Gasteiger partial charge is 0.490 e. The minimum atomic E-state index is -0.374. The summed E-state index contributed by atoms with van der Waals surface area (Å²) in [5.41, 5.74) is 1.46. The van der Waals surface area contributed by atoms with Crippen LogP contribution >= 0.6 is 11.6 Å². The summed E-state index contributed by atoms with van der Waals surface area (Å²) in [4.78, 5) is 0. The van der Waals surface area contributed by atoms with Crippen LogP contribution < -0.4 is 14.8 Å². The standard InChI is InChI=1S/C21H27ClFNO2/c1-4-25-21-12-16(13-24-11-10-15(2)3)8-9-20(21)26-14-17-18(22)6-5-7-19(17)23/h5-9,12,15,24H,4,10-11,13-14H2,1-3H3. The molecule has 0 unspecified atom stereocenters. The molecule has 0 aliphatic rings. The molecule has 0 heterocycles. The third-order valence-corrected chi connectivity index (χ3v) is 4.32. The maximum atomic E-state index is 13.9. The zero-order chi connectivity index (χ0) is 18.9. The van der Waals surface area contributed by atoms with Crippen LogP contribution in [0.5, 0.6) is 11.5 Å². The molecule has 2 rings (SSSR count). The van der Waals surface area contributed by atoms with E-state index in [1.165, 1.54) is 6.07 Å². The van der Waals surface area contributed by atoms with Gasteiger partial charge in [-0.05, 0) is 55.6 Å².